The van der Waals surface area contributed by atoms with Gasteiger partial charge in [0.1, 0.15) is 0 Å². The standard InChI is InChI=1S/C19H38O7/c1-16(2,3)11-18(7,8)25-23-13-21-15(20)22-14-24-26-19(9,10)12-17(4,5)6/h11-14H2,1-10H3. The predicted octanol–water partition coefficient (Wildman–Crippen LogP) is 5.38. The van der Waals surface area contributed by atoms with Crippen molar-refractivity contribution in [3.63, 3.8) is 0 Å². The lowest BCUT2D eigenvalue weighted by molar-refractivity contribution is -0.391. The zero-order chi connectivity index (χ0) is 20.6. The lowest BCUT2D eigenvalue weighted by Gasteiger charge is -2.30. The second-order valence-corrected chi connectivity index (χ2v) is 10.2. The van der Waals surface area contributed by atoms with Gasteiger partial charge in [0.05, 0.1) is 11.2 Å². The van der Waals surface area contributed by atoms with E-state index in [1.807, 2.05) is 27.7 Å². The van der Waals surface area contributed by atoms with Crippen molar-refractivity contribution in [3.05, 3.63) is 0 Å². The van der Waals surface area contributed by atoms with Crippen LogP contribution in [0.25, 0.3) is 0 Å². The summed E-state index contributed by atoms with van der Waals surface area (Å²) in [5.41, 5.74) is -0.822. The first-order chi connectivity index (χ1) is 11.5. The Labute approximate surface area is 158 Å². The van der Waals surface area contributed by atoms with Gasteiger partial charge < -0.3 is 9.47 Å². The lowest BCUT2D eigenvalue weighted by atomic mass is 9.84. The fraction of sp³-hybridized carbons (Fsp3) is 0.947. The summed E-state index contributed by atoms with van der Waals surface area (Å²) in [6.45, 7) is 19.5. The van der Waals surface area contributed by atoms with Crippen molar-refractivity contribution in [2.75, 3.05) is 13.6 Å². The smallest absolute Gasteiger partial charge is 0.404 e. The van der Waals surface area contributed by atoms with Crippen LogP contribution < -0.4 is 0 Å². The van der Waals surface area contributed by atoms with E-state index in [0.717, 1.165) is 12.8 Å². The summed E-state index contributed by atoms with van der Waals surface area (Å²) >= 11 is 0. The van der Waals surface area contributed by atoms with Crippen LogP contribution in [0, 0.1) is 10.8 Å². The van der Waals surface area contributed by atoms with E-state index in [0.29, 0.717) is 0 Å². The largest absolute Gasteiger partial charge is 0.512 e. The first kappa shape index (κ1) is 25.1. The number of rotatable bonds is 10. The summed E-state index contributed by atoms with van der Waals surface area (Å²) in [5, 5.41) is 0. The molecule has 0 heterocycles. The monoisotopic (exact) mass is 378 g/mol. The number of ether oxygens (including phenoxy) is 2. The summed E-state index contributed by atoms with van der Waals surface area (Å²) in [6, 6.07) is 0. The van der Waals surface area contributed by atoms with Gasteiger partial charge >= 0.3 is 6.16 Å². The Morgan fingerprint density at radius 3 is 1.19 bits per heavy atom. The van der Waals surface area contributed by atoms with Gasteiger partial charge in [0.2, 0.25) is 13.6 Å². The molecule has 0 unspecified atom stereocenters. The minimum Gasteiger partial charge on any atom is -0.404 e. The molecule has 156 valence electrons. The van der Waals surface area contributed by atoms with Crippen LogP contribution in [0.1, 0.15) is 82.1 Å². The Morgan fingerprint density at radius 2 is 0.923 bits per heavy atom. The Balaban J connectivity index is 3.88. The molecule has 7 nitrogen and oxygen atoms in total. The molecule has 0 aliphatic rings. The van der Waals surface area contributed by atoms with Gasteiger partial charge in [-0.2, -0.15) is 9.78 Å². The van der Waals surface area contributed by atoms with E-state index in [-0.39, 0.29) is 24.4 Å². The topological polar surface area (TPSA) is 72.5 Å². The molecular weight excluding hydrogens is 340 g/mol. The predicted molar refractivity (Wildman–Crippen MR) is 97.9 cm³/mol. The lowest BCUT2D eigenvalue weighted by Crippen LogP contribution is -2.31. The van der Waals surface area contributed by atoms with E-state index in [9.17, 15) is 4.79 Å². The second kappa shape index (κ2) is 9.88. The van der Waals surface area contributed by atoms with Crippen LogP contribution in [0.5, 0.6) is 0 Å². The summed E-state index contributed by atoms with van der Waals surface area (Å²) in [5.74, 6) is 0. The van der Waals surface area contributed by atoms with Gasteiger partial charge in [0, 0.05) is 0 Å². The van der Waals surface area contributed by atoms with E-state index in [1.165, 1.54) is 0 Å². The summed E-state index contributed by atoms with van der Waals surface area (Å²) in [4.78, 5) is 31.9. The number of carbonyl (C=O) groups excluding carboxylic acids is 1. The molecular formula is C19H38O7. The molecule has 0 aliphatic carbocycles. The summed E-state index contributed by atoms with van der Waals surface area (Å²) < 4.78 is 9.47. The average molecular weight is 379 g/mol. The Kier molecular flexibility index (Phi) is 9.54. The molecule has 0 rings (SSSR count). The molecule has 26 heavy (non-hydrogen) atoms. The molecule has 0 amide bonds. The minimum atomic E-state index is -0.931. The number of carbonyl (C=O) groups is 1. The van der Waals surface area contributed by atoms with Crippen molar-refractivity contribution in [2.45, 2.75) is 93.3 Å². The van der Waals surface area contributed by atoms with Gasteiger partial charge in [-0.25, -0.2) is 14.6 Å². The molecule has 0 atom stereocenters. The quantitative estimate of drug-likeness (QED) is 0.166. The van der Waals surface area contributed by atoms with Crippen molar-refractivity contribution in [1.29, 1.82) is 0 Å². The van der Waals surface area contributed by atoms with Crippen molar-refractivity contribution in [2.24, 2.45) is 10.8 Å². The number of hydrogen-bond donors (Lipinski definition) is 0. The molecule has 0 aromatic carbocycles. The third-order valence-corrected chi connectivity index (χ3v) is 2.93. The third kappa shape index (κ3) is 15.4. The molecule has 7 heteroatoms. The Bertz CT molecular complexity index is 379. The molecule has 0 N–H and O–H groups in total. The van der Waals surface area contributed by atoms with Crippen LogP contribution >= 0.6 is 0 Å². The highest BCUT2D eigenvalue weighted by molar-refractivity contribution is 5.59. The molecule has 0 aromatic rings. The zero-order valence-corrected chi connectivity index (χ0v) is 18.2. The van der Waals surface area contributed by atoms with Gasteiger partial charge in [-0.1, -0.05) is 41.5 Å². The van der Waals surface area contributed by atoms with E-state index < -0.39 is 17.4 Å². The highest BCUT2D eigenvalue weighted by atomic mass is 17.2. The molecule has 0 aliphatic heterocycles. The molecule has 0 aromatic heterocycles. The first-order valence-corrected chi connectivity index (χ1v) is 8.92. The minimum absolute atomic E-state index is 0.0880. The van der Waals surface area contributed by atoms with Gasteiger partial charge in [-0.3, -0.25) is 0 Å². The molecule has 0 saturated carbocycles. The van der Waals surface area contributed by atoms with Gasteiger partial charge in [-0.15, -0.1) is 0 Å². The molecule has 0 saturated heterocycles. The van der Waals surface area contributed by atoms with Crippen LogP contribution in [0.2, 0.25) is 0 Å². The molecule has 0 bridgehead atoms. The first-order valence-electron chi connectivity index (χ1n) is 8.92. The van der Waals surface area contributed by atoms with Crippen molar-refractivity contribution in [1.82, 2.24) is 0 Å². The van der Waals surface area contributed by atoms with E-state index in [1.54, 1.807) is 0 Å². The fourth-order valence-corrected chi connectivity index (χ4v) is 3.17. The fourth-order valence-electron chi connectivity index (χ4n) is 3.17. The number of hydrogen-bond acceptors (Lipinski definition) is 7. The average Bonchev–Trinajstić information content (AvgIpc) is 2.34. The van der Waals surface area contributed by atoms with Crippen LogP contribution in [0.15, 0.2) is 0 Å². The van der Waals surface area contributed by atoms with Crippen molar-refractivity contribution < 1.29 is 33.8 Å². The van der Waals surface area contributed by atoms with Crippen molar-refractivity contribution in [3.8, 4) is 0 Å². The second-order valence-electron chi connectivity index (χ2n) is 10.2. The maximum absolute atomic E-state index is 11.4. The Hall–Kier alpha value is -0.890. The SMILES string of the molecule is CC(C)(C)CC(C)(C)OOCOC(=O)OCOOC(C)(C)CC(C)(C)C. The van der Waals surface area contributed by atoms with Crippen LogP contribution in [-0.4, -0.2) is 30.9 Å². The van der Waals surface area contributed by atoms with Gasteiger partial charge in [-0.05, 0) is 51.4 Å². The third-order valence-electron chi connectivity index (χ3n) is 2.93. The van der Waals surface area contributed by atoms with Crippen LogP contribution in [-0.2, 0) is 29.0 Å². The zero-order valence-electron chi connectivity index (χ0n) is 18.2. The highest BCUT2D eigenvalue weighted by Gasteiger charge is 2.28. The molecule has 0 radical (unpaired) electrons. The summed E-state index contributed by atoms with van der Waals surface area (Å²) in [6.07, 6.45) is 0.624. The molecule has 0 fully saturated rings. The summed E-state index contributed by atoms with van der Waals surface area (Å²) in [7, 11) is 0. The highest BCUT2D eigenvalue weighted by Crippen LogP contribution is 2.30. The van der Waals surface area contributed by atoms with Crippen molar-refractivity contribution >= 4 is 6.16 Å². The maximum atomic E-state index is 11.4. The Morgan fingerprint density at radius 1 is 0.615 bits per heavy atom. The van der Waals surface area contributed by atoms with Crippen LogP contribution in [0.4, 0.5) is 4.79 Å². The van der Waals surface area contributed by atoms with Crippen LogP contribution in [0.3, 0.4) is 0 Å². The normalized spacial score (nSPS) is 13.6. The molecule has 0 spiro atoms. The van der Waals surface area contributed by atoms with Gasteiger partial charge in [0.15, 0.2) is 0 Å². The van der Waals surface area contributed by atoms with E-state index in [2.05, 4.69) is 41.5 Å². The van der Waals surface area contributed by atoms with E-state index >= 15 is 0 Å². The van der Waals surface area contributed by atoms with Gasteiger partial charge in [0.25, 0.3) is 0 Å². The van der Waals surface area contributed by atoms with E-state index in [4.69, 9.17) is 29.0 Å². The maximum Gasteiger partial charge on any atom is 0.512 e.